The lowest BCUT2D eigenvalue weighted by Gasteiger charge is -2.35. The van der Waals surface area contributed by atoms with Crippen molar-refractivity contribution in [3.63, 3.8) is 0 Å². The third-order valence-electron chi connectivity index (χ3n) is 2.62. The van der Waals surface area contributed by atoms with Gasteiger partial charge in [0, 0.05) is 5.92 Å². The van der Waals surface area contributed by atoms with Crippen molar-refractivity contribution in [2.24, 2.45) is 5.92 Å². The van der Waals surface area contributed by atoms with E-state index >= 15 is 0 Å². The summed E-state index contributed by atoms with van der Waals surface area (Å²) >= 11 is 0. The average Bonchev–Trinajstić information content (AvgIpc) is 2.15. The highest BCUT2D eigenvalue weighted by Crippen LogP contribution is 2.23. The molecule has 0 aliphatic carbocycles. The number of hydrogen-bond acceptors (Lipinski definition) is 3. The summed E-state index contributed by atoms with van der Waals surface area (Å²) in [7, 11) is 2.00. The van der Waals surface area contributed by atoms with Crippen LogP contribution in [0, 0.1) is 5.92 Å². The second-order valence-electron chi connectivity index (χ2n) is 4.49. The molecule has 1 rings (SSSR count). The smallest absolute Gasteiger partial charge is 0.162 e. The molecule has 1 saturated heterocycles. The Kier molecular flexibility index (Phi) is 4.85. The zero-order valence-electron chi connectivity index (χ0n) is 9.64. The van der Waals surface area contributed by atoms with Crippen LogP contribution < -0.4 is 5.32 Å². The van der Waals surface area contributed by atoms with Gasteiger partial charge in [0.05, 0.1) is 13.2 Å². The molecule has 1 aliphatic heterocycles. The minimum Gasteiger partial charge on any atom is -0.350 e. The highest BCUT2D eigenvalue weighted by atomic mass is 16.7. The van der Waals surface area contributed by atoms with E-state index in [9.17, 15) is 0 Å². The fourth-order valence-electron chi connectivity index (χ4n) is 1.63. The molecule has 1 fully saturated rings. The van der Waals surface area contributed by atoms with E-state index in [4.69, 9.17) is 9.47 Å². The summed E-state index contributed by atoms with van der Waals surface area (Å²) in [5, 5.41) is 3.16. The van der Waals surface area contributed by atoms with E-state index in [1.54, 1.807) is 0 Å². The summed E-state index contributed by atoms with van der Waals surface area (Å²) in [6.45, 7) is 6.77. The van der Waals surface area contributed by atoms with Gasteiger partial charge in [0.2, 0.25) is 0 Å². The zero-order valence-corrected chi connectivity index (χ0v) is 9.64. The molecule has 1 N–H and O–H groups in total. The Balaban J connectivity index is 2.04. The Bertz CT molecular complexity index is 149. The molecule has 84 valence electrons. The summed E-state index contributed by atoms with van der Waals surface area (Å²) in [4.78, 5) is 0. The number of nitrogens with one attached hydrogen (secondary N) is 1. The van der Waals surface area contributed by atoms with E-state index in [0.29, 0.717) is 5.92 Å². The molecule has 0 spiro atoms. The number of ether oxygens (including phenoxy) is 2. The van der Waals surface area contributed by atoms with Gasteiger partial charge in [0.15, 0.2) is 5.79 Å². The summed E-state index contributed by atoms with van der Waals surface area (Å²) in [5.41, 5.74) is 0. The van der Waals surface area contributed by atoms with Gasteiger partial charge in [-0.2, -0.15) is 0 Å². The third-order valence-corrected chi connectivity index (χ3v) is 2.62. The van der Waals surface area contributed by atoms with Crippen LogP contribution in [-0.4, -0.2) is 32.6 Å². The van der Waals surface area contributed by atoms with Gasteiger partial charge in [0.25, 0.3) is 0 Å². The predicted octanol–water partition coefficient (Wildman–Crippen LogP) is 1.78. The molecule has 0 unspecified atom stereocenters. The van der Waals surface area contributed by atoms with E-state index < -0.39 is 0 Å². The first-order valence-electron chi connectivity index (χ1n) is 5.56. The number of unbranched alkanes of at least 4 members (excludes halogenated alkanes) is 1. The first-order chi connectivity index (χ1) is 6.64. The van der Waals surface area contributed by atoms with Crippen molar-refractivity contribution >= 4 is 0 Å². The van der Waals surface area contributed by atoms with Gasteiger partial charge < -0.3 is 14.8 Å². The maximum atomic E-state index is 5.60. The molecule has 0 saturated carbocycles. The zero-order chi connectivity index (χ0) is 10.4. The minimum absolute atomic E-state index is 0.360. The Hall–Kier alpha value is -0.120. The Morgan fingerprint density at radius 2 is 1.86 bits per heavy atom. The van der Waals surface area contributed by atoms with Gasteiger partial charge in [-0.15, -0.1) is 0 Å². The summed E-state index contributed by atoms with van der Waals surface area (Å²) < 4.78 is 11.2. The van der Waals surface area contributed by atoms with Crippen LogP contribution in [0.3, 0.4) is 0 Å². The second kappa shape index (κ2) is 5.69. The molecule has 0 aromatic rings. The monoisotopic (exact) mass is 201 g/mol. The van der Waals surface area contributed by atoms with Crippen LogP contribution in [0.5, 0.6) is 0 Å². The summed E-state index contributed by atoms with van der Waals surface area (Å²) in [6, 6.07) is 0. The number of rotatable bonds is 5. The summed E-state index contributed by atoms with van der Waals surface area (Å²) in [5.74, 6) is 0.237. The normalized spacial score (nSPS) is 22.5. The first kappa shape index (κ1) is 12.0. The largest absolute Gasteiger partial charge is 0.350 e. The highest BCUT2D eigenvalue weighted by Gasteiger charge is 2.27. The molecule has 0 radical (unpaired) electrons. The van der Waals surface area contributed by atoms with Crippen molar-refractivity contribution in [1.82, 2.24) is 5.32 Å². The van der Waals surface area contributed by atoms with Crippen molar-refractivity contribution in [2.45, 2.75) is 38.9 Å². The fraction of sp³-hybridized carbons (Fsp3) is 1.00. The third kappa shape index (κ3) is 4.40. The first-order valence-corrected chi connectivity index (χ1v) is 5.56. The molecule has 14 heavy (non-hydrogen) atoms. The molecule has 0 aromatic carbocycles. The average molecular weight is 201 g/mol. The summed E-state index contributed by atoms with van der Waals surface area (Å²) in [6.07, 6.45) is 3.73. The van der Waals surface area contributed by atoms with Crippen LogP contribution in [0.25, 0.3) is 0 Å². The van der Waals surface area contributed by atoms with E-state index in [-0.39, 0.29) is 5.79 Å². The van der Waals surface area contributed by atoms with E-state index in [0.717, 1.165) is 19.8 Å². The lowest BCUT2D eigenvalue weighted by atomic mass is 10.0. The molecule has 3 nitrogen and oxygen atoms in total. The van der Waals surface area contributed by atoms with Crippen molar-refractivity contribution in [3.05, 3.63) is 0 Å². The molecule has 0 atom stereocenters. The van der Waals surface area contributed by atoms with Crippen molar-refractivity contribution < 1.29 is 9.47 Å². The Morgan fingerprint density at radius 1 is 1.21 bits per heavy atom. The molecule has 1 heterocycles. The molecule has 0 bridgehead atoms. The second-order valence-corrected chi connectivity index (χ2v) is 4.49. The van der Waals surface area contributed by atoms with Gasteiger partial charge in [0.1, 0.15) is 0 Å². The van der Waals surface area contributed by atoms with Gasteiger partial charge in [-0.1, -0.05) is 6.42 Å². The van der Waals surface area contributed by atoms with E-state index in [2.05, 4.69) is 5.32 Å². The van der Waals surface area contributed by atoms with Crippen LogP contribution in [0.15, 0.2) is 0 Å². The van der Waals surface area contributed by atoms with Gasteiger partial charge in [-0.25, -0.2) is 0 Å². The van der Waals surface area contributed by atoms with Crippen molar-refractivity contribution in [2.75, 3.05) is 26.8 Å². The van der Waals surface area contributed by atoms with Gasteiger partial charge in [-0.05, 0) is 40.3 Å². The van der Waals surface area contributed by atoms with E-state index in [1.807, 2.05) is 20.9 Å². The maximum Gasteiger partial charge on any atom is 0.162 e. The molecule has 0 amide bonds. The van der Waals surface area contributed by atoms with Gasteiger partial charge >= 0.3 is 0 Å². The predicted molar refractivity (Wildman–Crippen MR) is 57.3 cm³/mol. The van der Waals surface area contributed by atoms with E-state index in [1.165, 1.54) is 19.3 Å². The SMILES string of the molecule is CNCCCCC1COC(C)(C)OC1. The van der Waals surface area contributed by atoms with Crippen LogP contribution in [0.4, 0.5) is 0 Å². The molecule has 3 heteroatoms. The molecular formula is C11H23NO2. The van der Waals surface area contributed by atoms with Gasteiger partial charge in [-0.3, -0.25) is 0 Å². The highest BCUT2D eigenvalue weighted by molar-refractivity contribution is 4.67. The van der Waals surface area contributed by atoms with Crippen LogP contribution in [0.2, 0.25) is 0 Å². The van der Waals surface area contributed by atoms with Crippen molar-refractivity contribution in [3.8, 4) is 0 Å². The van der Waals surface area contributed by atoms with Crippen LogP contribution >= 0.6 is 0 Å². The topological polar surface area (TPSA) is 30.5 Å². The van der Waals surface area contributed by atoms with Crippen molar-refractivity contribution in [1.29, 1.82) is 0 Å². The standard InChI is InChI=1S/C11H23NO2/c1-11(2)13-8-10(9-14-11)6-4-5-7-12-3/h10,12H,4-9H2,1-3H3. The quantitative estimate of drug-likeness (QED) is 0.688. The molecular weight excluding hydrogens is 178 g/mol. The fourth-order valence-corrected chi connectivity index (χ4v) is 1.63. The van der Waals surface area contributed by atoms with Crippen LogP contribution in [-0.2, 0) is 9.47 Å². The number of hydrogen-bond donors (Lipinski definition) is 1. The Morgan fingerprint density at radius 3 is 2.43 bits per heavy atom. The molecule has 0 aromatic heterocycles. The lowest BCUT2D eigenvalue weighted by Crippen LogP contribution is -2.39. The minimum atomic E-state index is -0.360. The van der Waals surface area contributed by atoms with Crippen LogP contribution in [0.1, 0.15) is 33.1 Å². The Labute approximate surface area is 87.2 Å². The molecule has 1 aliphatic rings. The lowest BCUT2D eigenvalue weighted by molar-refractivity contribution is -0.262. The maximum absolute atomic E-state index is 5.60.